The lowest BCUT2D eigenvalue weighted by molar-refractivity contribution is -0.150. The molecule has 5 atom stereocenters. The highest BCUT2D eigenvalue weighted by atomic mass is 16.5. The average molecular weight is 645 g/mol. The zero-order valence-electron chi connectivity index (χ0n) is 27.0. The zero-order chi connectivity index (χ0) is 34.2. The first-order valence-corrected chi connectivity index (χ1v) is 15.5. The summed E-state index contributed by atoms with van der Waals surface area (Å²) >= 11 is 0. The highest BCUT2D eigenvalue weighted by molar-refractivity contribution is 5.96. The molecule has 15 heteroatoms. The highest BCUT2D eigenvalue weighted by Crippen LogP contribution is 2.16. The van der Waals surface area contributed by atoms with E-state index in [2.05, 4.69) is 26.3 Å². The van der Waals surface area contributed by atoms with Gasteiger partial charge >= 0.3 is 5.97 Å². The molecule has 1 aliphatic rings. The van der Waals surface area contributed by atoms with Crippen LogP contribution in [0, 0.1) is 0 Å². The van der Waals surface area contributed by atoms with Gasteiger partial charge in [-0.05, 0) is 64.9 Å². The fourth-order valence-electron chi connectivity index (χ4n) is 4.90. The maximum atomic E-state index is 13.2. The lowest BCUT2D eigenvalue weighted by atomic mass is 10.1. The molecule has 15 nitrogen and oxygen atoms in total. The van der Waals surface area contributed by atoms with Gasteiger partial charge < -0.3 is 42.4 Å². The number of esters is 1. The van der Waals surface area contributed by atoms with Gasteiger partial charge in [-0.25, -0.2) is 4.79 Å². The van der Waals surface area contributed by atoms with Crippen molar-refractivity contribution in [1.82, 2.24) is 26.2 Å². The summed E-state index contributed by atoms with van der Waals surface area (Å²) in [6, 6.07) is 5.24. The summed E-state index contributed by atoms with van der Waals surface area (Å²) in [6.07, 6.45) is 3.34. The van der Waals surface area contributed by atoms with Gasteiger partial charge in [-0.15, -0.1) is 0 Å². The Labute approximate surface area is 269 Å². The molecule has 5 amide bonds. The van der Waals surface area contributed by atoms with Crippen molar-refractivity contribution in [3.8, 4) is 0 Å². The van der Waals surface area contributed by atoms with E-state index in [1.54, 1.807) is 0 Å². The highest BCUT2D eigenvalue weighted by Gasteiger charge is 2.38. The van der Waals surface area contributed by atoms with Crippen molar-refractivity contribution in [2.75, 3.05) is 20.2 Å². The summed E-state index contributed by atoms with van der Waals surface area (Å²) in [7, 11) is 1.23. The molecule has 0 radical (unpaired) electrons. The van der Waals surface area contributed by atoms with Crippen LogP contribution in [0.4, 0.5) is 0 Å². The number of nitrogens with one attached hydrogen (secondary N) is 4. The molecule has 1 aliphatic heterocycles. The topological polar surface area (TPSA) is 227 Å². The van der Waals surface area contributed by atoms with Crippen LogP contribution in [-0.2, 0) is 39.9 Å². The predicted molar refractivity (Wildman–Crippen MR) is 171 cm³/mol. The van der Waals surface area contributed by atoms with Gasteiger partial charge in [0.05, 0.1) is 7.11 Å². The molecule has 0 bridgehead atoms. The van der Waals surface area contributed by atoms with Crippen LogP contribution in [-0.4, -0.2) is 96.8 Å². The van der Waals surface area contributed by atoms with Crippen molar-refractivity contribution in [2.24, 2.45) is 16.5 Å². The second kappa shape index (κ2) is 19.0. The summed E-state index contributed by atoms with van der Waals surface area (Å²) in [4.78, 5) is 81.3. The summed E-state index contributed by atoms with van der Waals surface area (Å²) in [5, 5.41) is 10.5. The van der Waals surface area contributed by atoms with E-state index in [9.17, 15) is 28.8 Å². The van der Waals surface area contributed by atoms with Crippen molar-refractivity contribution < 1.29 is 33.5 Å². The van der Waals surface area contributed by atoms with Crippen LogP contribution in [0.3, 0.4) is 0 Å². The van der Waals surface area contributed by atoms with Crippen molar-refractivity contribution in [3.63, 3.8) is 0 Å². The number of nitrogens with two attached hydrogens (primary N) is 2. The van der Waals surface area contributed by atoms with Crippen molar-refractivity contribution in [3.05, 3.63) is 35.9 Å². The Morgan fingerprint density at radius 1 is 0.935 bits per heavy atom. The minimum absolute atomic E-state index is 0.114. The lowest BCUT2D eigenvalue weighted by Crippen LogP contribution is -2.56. The van der Waals surface area contributed by atoms with E-state index in [0.717, 1.165) is 12.8 Å². The number of carbonyl (C=O) groups is 6. The van der Waals surface area contributed by atoms with E-state index in [1.165, 1.54) is 38.3 Å². The quantitative estimate of drug-likeness (QED) is 0.0509. The van der Waals surface area contributed by atoms with E-state index in [4.69, 9.17) is 16.2 Å². The third kappa shape index (κ3) is 12.4. The Hall–Kier alpha value is -4.69. The molecule has 46 heavy (non-hydrogen) atoms. The van der Waals surface area contributed by atoms with Gasteiger partial charge in [-0.2, -0.15) is 0 Å². The van der Waals surface area contributed by atoms with E-state index in [-0.39, 0.29) is 44.2 Å². The number of hydrogen-bond donors (Lipinski definition) is 6. The number of methoxy groups -OCH3 is 1. The number of carbonyl (C=O) groups excluding carboxylic acids is 6. The van der Waals surface area contributed by atoms with E-state index in [0.29, 0.717) is 12.8 Å². The molecule has 1 heterocycles. The van der Waals surface area contributed by atoms with Crippen LogP contribution in [0.5, 0.6) is 0 Å². The first kappa shape index (κ1) is 37.5. The summed E-state index contributed by atoms with van der Waals surface area (Å²) < 4.78 is 4.70. The summed E-state index contributed by atoms with van der Waals surface area (Å²) in [5.41, 5.74) is 11.9. The van der Waals surface area contributed by atoms with Gasteiger partial charge in [0.15, 0.2) is 5.96 Å². The van der Waals surface area contributed by atoms with E-state index < -0.39 is 59.8 Å². The predicted octanol–water partition coefficient (Wildman–Crippen LogP) is -0.774. The van der Waals surface area contributed by atoms with Gasteiger partial charge in [0.1, 0.15) is 30.2 Å². The molecule has 1 fully saturated rings. The molecule has 0 saturated carbocycles. The van der Waals surface area contributed by atoms with E-state index >= 15 is 0 Å². The maximum Gasteiger partial charge on any atom is 0.328 e. The fourth-order valence-corrected chi connectivity index (χ4v) is 4.90. The third-order valence-corrected chi connectivity index (χ3v) is 7.63. The number of nitrogens with zero attached hydrogens (tertiary/aromatic N) is 2. The molecule has 0 aromatic heterocycles. The molecule has 1 aromatic carbocycles. The number of ether oxygens (including phenoxy) is 1. The minimum atomic E-state index is -1.06. The second-order valence-corrected chi connectivity index (χ2v) is 11.3. The Bertz CT molecular complexity index is 1240. The molecule has 1 saturated heterocycles. The molecule has 254 valence electrons. The van der Waals surface area contributed by atoms with Crippen LogP contribution in [0.15, 0.2) is 35.3 Å². The molecule has 8 N–H and O–H groups in total. The fraction of sp³-hybridized carbons (Fsp3) is 0.581. The number of benzene rings is 1. The number of likely N-dealkylation sites (tertiary alicyclic amines) is 1. The van der Waals surface area contributed by atoms with Crippen LogP contribution in [0.2, 0.25) is 0 Å². The largest absolute Gasteiger partial charge is 0.467 e. The normalized spacial score (nSPS) is 16.7. The molecule has 0 unspecified atom stereocenters. The summed E-state index contributed by atoms with van der Waals surface area (Å²) in [5.74, 6) is -3.22. The first-order valence-electron chi connectivity index (χ1n) is 15.5. The molecule has 0 spiro atoms. The number of hydrogen-bond acceptors (Lipinski definition) is 8. The van der Waals surface area contributed by atoms with Crippen LogP contribution < -0.4 is 32.7 Å². The molecule has 0 aliphatic carbocycles. The van der Waals surface area contributed by atoms with Crippen molar-refractivity contribution >= 4 is 41.5 Å². The molecular weight excluding hydrogens is 596 g/mol. The number of guanidine groups is 1. The number of aliphatic imine (C=N–C) groups is 1. The third-order valence-electron chi connectivity index (χ3n) is 7.63. The van der Waals surface area contributed by atoms with Gasteiger partial charge in [0.25, 0.3) is 0 Å². The Morgan fingerprint density at radius 2 is 1.61 bits per heavy atom. The lowest BCUT2D eigenvalue weighted by Gasteiger charge is -2.24. The molecule has 1 aromatic rings. The van der Waals surface area contributed by atoms with Gasteiger partial charge in [0, 0.05) is 19.5 Å². The minimum Gasteiger partial charge on any atom is -0.467 e. The first-order chi connectivity index (χ1) is 21.8. The van der Waals surface area contributed by atoms with Crippen LogP contribution in [0.25, 0.3) is 0 Å². The SMILES string of the molecule is COC(=O)[C@H](C)N1CC[C@@H](NC(=O)[C@H](C)NC(=O)[C@H](CCCN=C(N)N)NC(=O)[C@H](C)NC(=O)CCCCc2ccccc2)C1=O. The molecular formula is C31H48N8O7. The zero-order valence-corrected chi connectivity index (χ0v) is 27.0. The Kier molecular flexibility index (Phi) is 15.5. The number of amides is 5. The number of rotatable bonds is 18. The smallest absolute Gasteiger partial charge is 0.328 e. The van der Waals surface area contributed by atoms with Crippen molar-refractivity contribution in [1.29, 1.82) is 0 Å². The average Bonchev–Trinajstić information content (AvgIpc) is 3.39. The van der Waals surface area contributed by atoms with Crippen LogP contribution >= 0.6 is 0 Å². The van der Waals surface area contributed by atoms with Gasteiger partial charge in [-0.1, -0.05) is 30.3 Å². The van der Waals surface area contributed by atoms with Crippen LogP contribution in [0.1, 0.15) is 64.9 Å². The number of unbranched alkanes of at least 4 members (excludes halogenated alkanes) is 1. The second-order valence-electron chi connectivity index (χ2n) is 11.3. The summed E-state index contributed by atoms with van der Waals surface area (Å²) in [6.45, 7) is 4.97. The monoisotopic (exact) mass is 644 g/mol. The maximum absolute atomic E-state index is 13.2. The number of aryl methyl sites for hydroxylation is 1. The van der Waals surface area contributed by atoms with Crippen molar-refractivity contribution in [2.45, 2.75) is 95.9 Å². The van der Waals surface area contributed by atoms with E-state index in [1.807, 2.05) is 30.3 Å². The Morgan fingerprint density at radius 3 is 2.26 bits per heavy atom. The standard InChI is InChI=1S/C31H48N8O7/c1-19(35-25(40)15-9-8-13-22-11-6-5-7-12-22)26(41)37-23(14-10-17-34-31(32)33)28(43)36-20(2)27(42)38-24-16-18-39(29(24)44)21(3)30(45)46-4/h5-7,11-12,19-21,23-24H,8-10,13-18H2,1-4H3,(H,35,40)(H,36,43)(H,37,41)(H,38,42)(H4,32,33,34)/t19-,20-,21-,23-,24+/m0/s1. The molecule has 2 rings (SSSR count). The Balaban J connectivity index is 1.91. The van der Waals surface area contributed by atoms with Gasteiger partial charge in [0.2, 0.25) is 29.5 Å². The van der Waals surface area contributed by atoms with Gasteiger partial charge in [-0.3, -0.25) is 29.0 Å².